The average Bonchev–Trinajstić information content (AvgIpc) is 3.05. The molecule has 46 heavy (non-hydrogen) atoms. The van der Waals surface area contributed by atoms with Crippen molar-refractivity contribution in [2.24, 2.45) is 0 Å². The third-order valence-corrected chi connectivity index (χ3v) is 9.17. The molecule has 0 rings (SSSR count). The summed E-state index contributed by atoms with van der Waals surface area (Å²) in [5, 5.41) is 5.95. The van der Waals surface area contributed by atoms with Crippen molar-refractivity contribution in [3.05, 3.63) is 24.3 Å². The lowest BCUT2D eigenvalue weighted by atomic mass is 10.0. The van der Waals surface area contributed by atoms with Gasteiger partial charge in [0.15, 0.2) is 0 Å². The summed E-state index contributed by atoms with van der Waals surface area (Å²) >= 11 is 0. The number of carbonyl (C=O) groups excluding carboxylic acids is 2. The summed E-state index contributed by atoms with van der Waals surface area (Å²) in [5.41, 5.74) is 0. The maximum atomic E-state index is 12.6. The van der Waals surface area contributed by atoms with Gasteiger partial charge in [0, 0.05) is 13.0 Å². The van der Waals surface area contributed by atoms with Crippen LogP contribution in [0.2, 0.25) is 0 Å². The Labute approximate surface area is 288 Å². The van der Waals surface area contributed by atoms with Crippen LogP contribution >= 0.6 is 0 Å². The van der Waals surface area contributed by atoms with Crippen LogP contribution in [0.3, 0.4) is 0 Å². The molecule has 0 aromatic rings. The summed E-state index contributed by atoms with van der Waals surface area (Å²) in [4.78, 5) is 25.1. The Morgan fingerprint density at radius 1 is 0.457 bits per heavy atom. The van der Waals surface area contributed by atoms with Crippen LogP contribution in [0, 0.1) is 0 Å². The van der Waals surface area contributed by atoms with E-state index in [1.54, 1.807) is 0 Å². The lowest BCUT2D eigenvalue weighted by Crippen LogP contribution is -2.46. The van der Waals surface area contributed by atoms with Crippen molar-refractivity contribution in [3.8, 4) is 0 Å². The predicted molar refractivity (Wildman–Crippen MR) is 203 cm³/mol. The van der Waals surface area contributed by atoms with Crippen molar-refractivity contribution in [3.63, 3.8) is 0 Å². The number of hydrogen-bond donors (Lipinski definition) is 2. The molecule has 1 unspecified atom stereocenters. The zero-order chi connectivity index (χ0) is 33.6. The van der Waals surface area contributed by atoms with Crippen molar-refractivity contribution in [2.75, 3.05) is 6.54 Å². The van der Waals surface area contributed by atoms with Crippen LogP contribution in [0.1, 0.15) is 220 Å². The fourth-order valence-electron chi connectivity index (χ4n) is 6.14. The molecule has 0 spiro atoms. The number of unbranched alkanes of at least 4 members (excludes halogenated alkanes) is 25. The number of likely N-dealkylation sites (N-methyl/N-ethyl adjacent to an activating group) is 1. The predicted octanol–water partition coefficient (Wildman–Crippen LogP) is 12.9. The molecule has 0 fully saturated rings. The van der Waals surface area contributed by atoms with Crippen LogP contribution < -0.4 is 10.6 Å². The lowest BCUT2D eigenvalue weighted by Gasteiger charge is -2.18. The number of nitrogens with one attached hydrogen (secondary N) is 2. The molecule has 0 aromatic heterocycles. The van der Waals surface area contributed by atoms with E-state index in [-0.39, 0.29) is 17.9 Å². The molecule has 0 heterocycles. The summed E-state index contributed by atoms with van der Waals surface area (Å²) < 4.78 is 0. The van der Waals surface area contributed by atoms with E-state index in [2.05, 4.69) is 48.8 Å². The van der Waals surface area contributed by atoms with Crippen LogP contribution in [-0.2, 0) is 9.59 Å². The van der Waals surface area contributed by atoms with Crippen molar-refractivity contribution in [2.45, 2.75) is 226 Å². The highest BCUT2D eigenvalue weighted by Crippen LogP contribution is 2.14. The molecule has 0 aliphatic rings. The third kappa shape index (κ3) is 33.8. The van der Waals surface area contributed by atoms with E-state index < -0.39 is 0 Å². The quantitative estimate of drug-likeness (QED) is 0.0526. The van der Waals surface area contributed by atoms with Crippen LogP contribution in [0.4, 0.5) is 0 Å². The summed E-state index contributed by atoms with van der Waals surface area (Å²) in [6.07, 6.45) is 47.9. The Hall–Kier alpha value is -1.58. The molecule has 1 atom stereocenters. The van der Waals surface area contributed by atoms with E-state index in [1.165, 1.54) is 154 Å². The van der Waals surface area contributed by atoms with Gasteiger partial charge in [0.25, 0.3) is 0 Å². The molecule has 4 heteroatoms. The van der Waals surface area contributed by atoms with Crippen LogP contribution in [0.25, 0.3) is 0 Å². The van der Waals surface area contributed by atoms with E-state index in [0.29, 0.717) is 13.0 Å². The van der Waals surface area contributed by atoms with Crippen LogP contribution in [-0.4, -0.2) is 24.4 Å². The van der Waals surface area contributed by atoms with Gasteiger partial charge in [-0.25, -0.2) is 0 Å². The summed E-state index contributed by atoms with van der Waals surface area (Å²) in [6, 6.07) is -0.388. The molecule has 0 aliphatic heterocycles. The lowest BCUT2D eigenvalue weighted by molar-refractivity contribution is -0.129. The number of carbonyl (C=O) groups is 2. The minimum atomic E-state index is -0.388. The monoisotopic (exact) mass is 645 g/mol. The normalized spacial score (nSPS) is 12.3. The number of allylic oxidation sites excluding steroid dienone is 4. The highest BCUT2D eigenvalue weighted by Gasteiger charge is 2.19. The van der Waals surface area contributed by atoms with Gasteiger partial charge in [0.05, 0.1) is 0 Å². The molecule has 0 radical (unpaired) electrons. The molecular weight excluding hydrogens is 564 g/mol. The van der Waals surface area contributed by atoms with E-state index in [4.69, 9.17) is 0 Å². The summed E-state index contributed by atoms with van der Waals surface area (Å²) in [5.74, 6) is 0.00504. The average molecular weight is 645 g/mol. The minimum Gasteiger partial charge on any atom is -0.355 e. The summed E-state index contributed by atoms with van der Waals surface area (Å²) in [7, 11) is 0. The molecule has 270 valence electrons. The second-order valence-corrected chi connectivity index (χ2v) is 13.8. The molecule has 4 nitrogen and oxygen atoms in total. The zero-order valence-electron chi connectivity index (χ0n) is 31.3. The van der Waals surface area contributed by atoms with Crippen molar-refractivity contribution in [1.82, 2.24) is 10.6 Å². The fraction of sp³-hybridized carbons (Fsp3) is 0.857. The first-order valence-electron chi connectivity index (χ1n) is 20.5. The Balaban J connectivity index is 3.74. The Kier molecular flexibility index (Phi) is 36.6. The number of hydrogen-bond acceptors (Lipinski definition) is 2. The third-order valence-electron chi connectivity index (χ3n) is 9.17. The molecule has 2 amide bonds. The Morgan fingerprint density at radius 3 is 1.20 bits per heavy atom. The molecule has 0 aliphatic carbocycles. The topological polar surface area (TPSA) is 58.2 Å². The molecule has 2 N–H and O–H groups in total. The second kappa shape index (κ2) is 37.9. The van der Waals surface area contributed by atoms with E-state index in [9.17, 15) is 9.59 Å². The van der Waals surface area contributed by atoms with Gasteiger partial charge in [0.1, 0.15) is 6.04 Å². The highest BCUT2D eigenvalue weighted by atomic mass is 16.2. The second-order valence-electron chi connectivity index (χ2n) is 13.8. The van der Waals surface area contributed by atoms with E-state index in [0.717, 1.165) is 38.5 Å². The molecule has 0 aromatic carbocycles. The number of rotatable bonds is 36. The van der Waals surface area contributed by atoms with Gasteiger partial charge >= 0.3 is 0 Å². The van der Waals surface area contributed by atoms with Crippen molar-refractivity contribution < 1.29 is 9.59 Å². The first-order valence-corrected chi connectivity index (χ1v) is 20.5. The van der Waals surface area contributed by atoms with Crippen molar-refractivity contribution in [1.29, 1.82) is 0 Å². The van der Waals surface area contributed by atoms with Crippen LogP contribution in [0.5, 0.6) is 0 Å². The maximum absolute atomic E-state index is 12.6. The first-order chi connectivity index (χ1) is 22.7. The molecular formula is C42H80N2O2. The highest BCUT2D eigenvalue weighted by molar-refractivity contribution is 5.87. The standard InChI is InChI=1S/C42H80N2O2/c1-4-7-9-11-13-15-17-19-21-22-23-24-25-27-29-31-33-35-37-39-41(45)44-40(42(46)43-6-3)38-36-34-32-30-28-26-20-18-16-14-12-10-8-5-2/h19-21,26,40H,4-18,22-25,27-39H2,1-3H3,(H,43,46)(H,44,45)/b21-19-,26-20-. The van der Waals surface area contributed by atoms with Gasteiger partial charge in [-0.1, -0.05) is 167 Å². The largest absolute Gasteiger partial charge is 0.355 e. The number of amides is 2. The fourth-order valence-corrected chi connectivity index (χ4v) is 6.14. The minimum absolute atomic E-state index is 0.0299. The molecule has 0 saturated heterocycles. The first kappa shape index (κ1) is 44.4. The van der Waals surface area contributed by atoms with Gasteiger partial charge in [-0.15, -0.1) is 0 Å². The maximum Gasteiger partial charge on any atom is 0.242 e. The van der Waals surface area contributed by atoms with E-state index >= 15 is 0 Å². The molecule has 0 bridgehead atoms. The zero-order valence-corrected chi connectivity index (χ0v) is 31.3. The van der Waals surface area contributed by atoms with Gasteiger partial charge in [0.2, 0.25) is 11.8 Å². The smallest absolute Gasteiger partial charge is 0.242 e. The van der Waals surface area contributed by atoms with Gasteiger partial charge in [-0.05, 0) is 71.1 Å². The van der Waals surface area contributed by atoms with Gasteiger partial charge < -0.3 is 10.6 Å². The Morgan fingerprint density at radius 2 is 0.804 bits per heavy atom. The summed E-state index contributed by atoms with van der Waals surface area (Å²) in [6.45, 7) is 7.09. The van der Waals surface area contributed by atoms with Crippen LogP contribution in [0.15, 0.2) is 24.3 Å². The van der Waals surface area contributed by atoms with Gasteiger partial charge in [-0.2, -0.15) is 0 Å². The van der Waals surface area contributed by atoms with E-state index in [1.807, 2.05) is 6.92 Å². The SMILES string of the molecule is CCCCCCCC/C=C\CCCCCCCCCCCC(=O)NC(CCCCCC/C=C\CCCCCCCC)C(=O)NCC. The Bertz CT molecular complexity index is 702. The van der Waals surface area contributed by atoms with Gasteiger partial charge in [-0.3, -0.25) is 9.59 Å². The van der Waals surface area contributed by atoms with Crippen molar-refractivity contribution >= 4 is 11.8 Å². The molecule has 0 saturated carbocycles.